The van der Waals surface area contributed by atoms with Crippen molar-refractivity contribution in [1.29, 1.82) is 5.41 Å². The Morgan fingerprint density at radius 3 is 2.96 bits per heavy atom. The summed E-state index contributed by atoms with van der Waals surface area (Å²) in [7, 11) is 0. The van der Waals surface area contributed by atoms with E-state index in [0.717, 1.165) is 26.8 Å². The normalized spacial score (nSPS) is 15.0. The van der Waals surface area contributed by atoms with E-state index in [0.29, 0.717) is 10.6 Å². The molecular formula is C18H13N5OS. The molecule has 1 aliphatic heterocycles. The van der Waals surface area contributed by atoms with Crippen molar-refractivity contribution < 1.29 is 5.11 Å². The van der Waals surface area contributed by atoms with Crippen molar-refractivity contribution in [2.24, 2.45) is 0 Å². The predicted molar refractivity (Wildman–Crippen MR) is 100 cm³/mol. The quantitative estimate of drug-likeness (QED) is 0.512. The first-order valence-corrected chi connectivity index (χ1v) is 8.60. The zero-order chi connectivity index (χ0) is 17.0. The standard InChI is InChI=1S/C18H13N5OS/c19-17-16(18-21-12-3-1-2-4-15(12)25-18)14(24)9-23(17)11-6-5-10-8-20-22-13(10)7-11/h1-8,19,24H,9H2,(H,20,22). The van der Waals surface area contributed by atoms with Gasteiger partial charge in [-0.25, -0.2) is 4.98 Å². The molecule has 0 saturated carbocycles. The summed E-state index contributed by atoms with van der Waals surface area (Å²) < 4.78 is 1.04. The van der Waals surface area contributed by atoms with Gasteiger partial charge in [-0.15, -0.1) is 11.3 Å². The highest BCUT2D eigenvalue weighted by molar-refractivity contribution is 7.19. The topological polar surface area (TPSA) is 88.9 Å². The van der Waals surface area contributed by atoms with E-state index in [1.54, 1.807) is 11.1 Å². The van der Waals surface area contributed by atoms with Crippen molar-refractivity contribution in [2.75, 3.05) is 11.4 Å². The number of fused-ring (bicyclic) bond motifs is 2. The van der Waals surface area contributed by atoms with Crippen LogP contribution in [0.25, 0.3) is 26.7 Å². The van der Waals surface area contributed by atoms with Gasteiger partial charge >= 0.3 is 0 Å². The van der Waals surface area contributed by atoms with E-state index >= 15 is 0 Å². The molecule has 0 bridgehead atoms. The van der Waals surface area contributed by atoms with E-state index in [-0.39, 0.29) is 18.1 Å². The molecule has 6 nitrogen and oxygen atoms in total. The van der Waals surface area contributed by atoms with Gasteiger partial charge in [0.15, 0.2) is 0 Å². The van der Waals surface area contributed by atoms with Gasteiger partial charge in [0.05, 0.1) is 34.0 Å². The molecule has 1 aliphatic rings. The van der Waals surface area contributed by atoms with Crippen LogP contribution in [-0.4, -0.2) is 32.7 Å². The zero-order valence-electron chi connectivity index (χ0n) is 13.0. The fourth-order valence-electron chi connectivity index (χ4n) is 3.10. The Morgan fingerprint density at radius 1 is 1.20 bits per heavy atom. The largest absolute Gasteiger partial charge is 0.510 e. The summed E-state index contributed by atoms with van der Waals surface area (Å²) in [6.07, 6.45) is 1.76. The first kappa shape index (κ1) is 14.2. The van der Waals surface area contributed by atoms with Crippen LogP contribution in [0.3, 0.4) is 0 Å². The van der Waals surface area contributed by atoms with Crippen molar-refractivity contribution in [2.45, 2.75) is 0 Å². The monoisotopic (exact) mass is 347 g/mol. The molecule has 0 saturated heterocycles. The number of hydrogen-bond donors (Lipinski definition) is 3. The molecule has 0 unspecified atom stereocenters. The Hall–Kier alpha value is -3.19. The number of para-hydroxylation sites is 1. The Labute approximate surface area is 146 Å². The molecular weight excluding hydrogens is 334 g/mol. The van der Waals surface area contributed by atoms with E-state index in [1.165, 1.54) is 11.3 Å². The van der Waals surface area contributed by atoms with Crippen LogP contribution in [0, 0.1) is 5.41 Å². The minimum Gasteiger partial charge on any atom is -0.510 e. The van der Waals surface area contributed by atoms with Crippen LogP contribution >= 0.6 is 11.3 Å². The Balaban J connectivity index is 1.55. The lowest BCUT2D eigenvalue weighted by Gasteiger charge is -2.18. The summed E-state index contributed by atoms with van der Waals surface area (Å²) in [6.45, 7) is 0.268. The molecule has 0 aliphatic carbocycles. The zero-order valence-corrected chi connectivity index (χ0v) is 13.8. The molecule has 2 aromatic heterocycles. The molecule has 3 heterocycles. The highest BCUT2D eigenvalue weighted by Gasteiger charge is 2.31. The van der Waals surface area contributed by atoms with Gasteiger partial charge in [0, 0.05) is 11.1 Å². The number of thiazole rings is 1. The summed E-state index contributed by atoms with van der Waals surface area (Å²) in [5.74, 6) is 0.434. The van der Waals surface area contributed by atoms with E-state index < -0.39 is 0 Å². The molecule has 3 N–H and O–H groups in total. The summed E-state index contributed by atoms with van der Waals surface area (Å²) in [4.78, 5) is 6.36. The van der Waals surface area contributed by atoms with Gasteiger partial charge < -0.3 is 10.0 Å². The van der Waals surface area contributed by atoms with Crippen molar-refractivity contribution in [3.8, 4) is 0 Å². The van der Waals surface area contributed by atoms with Crippen molar-refractivity contribution in [3.05, 3.63) is 59.4 Å². The minimum atomic E-state index is 0.175. The average molecular weight is 347 g/mol. The third-order valence-electron chi connectivity index (χ3n) is 4.35. The molecule has 2 aromatic carbocycles. The van der Waals surface area contributed by atoms with E-state index in [9.17, 15) is 5.11 Å². The lowest BCUT2D eigenvalue weighted by Crippen LogP contribution is -2.25. The van der Waals surface area contributed by atoms with E-state index in [2.05, 4.69) is 15.2 Å². The molecule has 7 heteroatoms. The second-order valence-corrected chi connectivity index (χ2v) is 6.92. The summed E-state index contributed by atoms with van der Waals surface area (Å²) in [5.41, 5.74) is 3.13. The van der Waals surface area contributed by atoms with Gasteiger partial charge in [0.1, 0.15) is 16.6 Å². The minimum absolute atomic E-state index is 0.175. The maximum atomic E-state index is 10.5. The first-order chi connectivity index (χ1) is 12.2. The molecule has 0 amide bonds. The maximum absolute atomic E-state index is 10.5. The number of nitrogens with zero attached hydrogens (tertiary/aromatic N) is 3. The average Bonchev–Trinajstić information content (AvgIpc) is 3.30. The lowest BCUT2D eigenvalue weighted by molar-refractivity contribution is 0.411. The molecule has 0 spiro atoms. The number of hydrogen-bond acceptors (Lipinski definition) is 5. The predicted octanol–water partition coefficient (Wildman–Crippen LogP) is 3.94. The Kier molecular flexibility index (Phi) is 2.92. The number of aromatic nitrogens is 3. The molecule has 122 valence electrons. The van der Waals surface area contributed by atoms with Gasteiger partial charge in [-0.2, -0.15) is 5.10 Å². The van der Waals surface area contributed by atoms with E-state index in [4.69, 9.17) is 5.41 Å². The highest BCUT2D eigenvalue weighted by atomic mass is 32.1. The molecule has 0 fully saturated rings. The van der Waals surface area contributed by atoms with Crippen LogP contribution in [0.2, 0.25) is 0 Å². The van der Waals surface area contributed by atoms with Gasteiger partial charge in [-0.05, 0) is 30.3 Å². The van der Waals surface area contributed by atoms with E-state index in [1.807, 2.05) is 42.5 Å². The van der Waals surface area contributed by atoms with Gasteiger partial charge in [-0.3, -0.25) is 10.5 Å². The number of aliphatic hydroxyl groups excluding tert-OH is 1. The third-order valence-corrected chi connectivity index (χ3v) is 5.40. The molecule has 5 rings (SSSR count). The molecule has 4 aromatic rings. The summed E-state index contributed by atoms with van der Waals surface area (Å²) in [5, 5.41) is 27.7. The number of benzene rings is 2. The maximum Gasteiger partial charge on any atom is 0.139 e. The SMILES string of the molecule is N=C1C(c2nc3ccccc3s2)=C(O)CN1c1ccc2cn[nH]c2c1. The number of anilines is 1. The highest BCUT2D eigenvalue weighted by Crippen LogP contribution is 2.35. The fourth-order valence-corrected chi connectivity index (χ4v) is 4.13. The van der Waals surface area contributed by atoms with Crippen LogP contribution in [0.1, 0.15) is 5.01 Å². The summed E-state index contributed by atoms with van der Waals surface area (Å²) >= 11 is 1.49. The summed E-state index contributed by atoms with van der Waals surface area (Å²) in [6, 6.07) is 13.7. The first-order valence-electron chi connectivity index (χ1n) is 7.78. The van der Waals surface area contributed by atoms with Gasteiger partial charge in [0.2, 0.25) is 0 Å². The number of H-pyrrole nitrogens is 1. The number of rotatable bonds is 2. The number of nitrogens with one attached hydrogen (secondary N) is 2. The number of aliphatic hydroxyl groups is 1. The second-order valence-electron chi connectivity index (χ2n) is 5.88. The van der Waals surface area contributed by atoms with Crippen LogP contribution in [0.4, 0.5) is 5.69 Å². The van der Waals surface area contributed by atoms with Gasteiger partial charge in [-0.1, -0.05) is 12.1 Å². The Bertz CT molecular complexity index is 1140. The molecule has 25 heavy (non-hydrogen) atoms. The molecule has 0 atom stereocenters. The van der Waals surface area contributed by atoms with Crippen LogP contribution in [0.5, 0.6) is 0 Å². The lowest BCUT2D eigenvalue weighted by atomic mass is 10.2. The fraction of sp³-hybridized carbons (Fsp3) is 0.0556. The second kappa shape index (κ2) is 5.15. The van der Waals surface area contributed by atoms with Crippen molar-refractivity contribution in [3.63, 3.8) is 0 Å². The Morgan fingerprint density at radius 2 is 2.08 bits per heavy atom. The van der Waals surface area contributed by atoms with Gasteiger partial charge in [0.25, 0.3) is 0 Å². The van der Waals surface area contributed by atoms with Crippen LogP contribution in [0.15, 0.2) is 54.4 Å². The number of amidine groups is 1. The van der Waals surface area contributed by atoms with Crippen LogP contribution < -0.4 is 4.90 Å². The third kappa shape index (κ3) is 2.13. The van der Waals surface area contributed by atoms with Crippen molar-refractivity contribution >= 4 is 49.6 Å². The van der Waals surface area contributed by atoms with Crippen molar-refractivity contribution in [1.82, 2.24) is 15.2 Å². The van der Waals surface area contributed by atoms with Crippen LogP contribution in [-0.2, 0) is 0 Å². The molecule has 0 radical (unpaired) electrons. The smallest absolute Gasteiger partial charge is 0.139 e. The number of aromatic amines is 1.